The average molecular weight is 435 g/mol. The topological polar surface area (TPSA) is 84.5 Å². The number of nitrogens with two attached hydrogens (primary N) is 1. The van der Waals surface area contributed by atoms with Gasteiger partial charge in [0.25, 0.3) is 12.3 Å². The molecule has 3 heterocycles. The Kier molecular flexibility index (Phi) is 4.77. The van der Waals surface area contributed by atoms with Crippen LogP contribution in [-0.2, 0) is 10.3 Å². The van der Waals surface area contributed by atoms with Crippen LogP contribution in [0.2, 0.25) is 0 Å². The third kappa shape index (κ3) is 2.93. The van der Waals surface area contributed by atoms with Crippen LogP contribution < -0.4 is 5.73 Å². The molecule has 1 aliphatic heterocycles. The van der Waals surface area contributed by atoms with Crippen molar-refractivity contribution in [2.75, 3.05) is 7.05 Å². The molecular formula is C19H13F4N5OS. The minimum absolute atomic E-state index is 0.000311. The molecule has 1 aliphatic rings. The summed E-state index contributed by atoms with van der Waals surface area (Å²) in [6, 6.07) is 4.34. The molecular weight excluding hydrogens is 422 g/mol. The van der Waals surface area contributed by atoms with E-state index in [1.54, 1.807) is 0 Å². The molecule has 0 bridgehead atoms. The van der Waals surface area contributed by atoms with Gasteiger partial charge < -0.3 is 5.73 Å². The molecule has 0 radical (unpaired) electrons. The minimum atomic E-state index is -2.91. The number of carbonyl (C=O) groups excluding carboxylic acids is 1. The Bertz CT molecular complexity index is 1170. The van der Waals surface area contributed by atoms with Crippen LogP contribution in [0.3, 0.4) is 0 Å². The summed E-state index contributed by atoms with van der Waals surface area (Å²) in [7, 11) is 1.35. The molecule has 154 valence electrons. The summed E-state index contributed by atoms with van der Waals surface area (Å²) in [5.41, 5.74) is 4.59. The van der Waals surface area contributed by atoms with Crippen LogP contribution in [0.15, 0.2) is 46.3 Å². The second-order valence-corrected chi connectivity index (χ2v) is 7.23. The molecule has 1 amide bonds. The molecule has 0 saturated carbocycles. The lowest BCUT2D eigenvalue weighted by atomic mass is 9.82. The fourth-order valence-corrected chi connectivity index (χ4v) is 3.86. The fraction of sp³-hybridized carbons (Fsp3) is 0.158. The van der Waals surface area contributed by atoms with Gasteiger partial charge in [0.1, 0.15) is 5.69 Å². The largest absolute Gasteiger partial charge is 0.369 e. The number of hydrogen-bond acceptors (Lipinski definition) is 6. The maximum absolute atomic E-state index is 14.6. The Morgan fingerprint density at radius 3 is 2.53 bits per heavy atom. The average Bonchev–Trinajstić information content (AvgIpc) is 3.34. The lowest BCUT2D eigenvalue weighted by molar-refractivity contribution is -0.129. The Morgan fingerprint density at radius 2 is 1.93 bits per heavy atom. The Morgan fingerprint density at radius 1 is 1.17 bits per heavy atom. The normalized spacial score (nSPS) is 18.9. The number of aromatic nitrogens is 2. The van der Waals surface area contributed by atoms with Crippen molar-refractivity contribution < 1.29 is 22.4 Å². The van der Waals surface area contributed by atoms with Crippen molar-refractivity contribution in [3.05, 3.63) is 69.8 Å². The highest BCUT2D eigenvalue weighted by molar-refractivity contribution is 7.07. The fourth-order valence-electron chi connectivity index (χ4n) is 3.31. The number of thiazole rings is 1. The van der Waals surface area contributed by atoms with E-state index in [0.717, 1.165) is 23.2 Å². The molecule has 1 unspecified atom stereocenters. The molecule has 2 aromatic heterocycles. The number of pyridine rings is 1. The van der Waals surface area contributed by atoms with Crippen LogP contribution in [0.5, 0.6) is 0 Å². The predicted molar refractivity (Wildman–Crippen MR) is 102 cm³/mol. The van der Waals surface area contributed by atoms with E-state index >= 15 is 0 Å². The van der Waals surface area contributed by atoms with Crippen molar-refractivity contribution in [2.24, 2.45) is 10.7 Å². The molecule has 4 rings (SSSR count). The number of amides is 1. The number of nitrogens with zero attached hydrogens (tertiary/aromatic N) is 4. The van der Waals surface area contributed by atoms with Crippen molar-refractivity contribution in [1.82, 2.24) is 14.9 Å². The van der Waals surface area contributed by atoms with Gasteiger partial charge in [-0.1, -0.05) is 0 Å². The van der Waals surface area contributed by atoms with E-state index in [-0.39, 0.29) is 28.3 Å². The standard InChI is InChI=1S/C19H13F4N5OS/c1-28-17(29)19(27-18(28)24,9-2-3-25-13(6-9)16(22)23)10-4-11(14-7-30-8-26-14)15(21)12(20)5-10/h2-8,16H,1H3,(H2,24,27). The van der Waals surface area contributed by atoms with Gasteiger partial charge in [-0.2, -0.15) is 0 Å². The SMILES string of the molecule is CN1C(=O)C(c2ccnc(C(F)F)c2)(c2cc(F)c(F)c(-c3cscn3)c2)N=C1N. The van der Waals surface area contributed by atoms with E-state index in [4.69, 9.17) is 5.73 Å². The molecule has 1 aromatic carbocycles. The summed E-state index contributed by atoms with van der Waals surface area (Å²) >= 11 is 1.17. The summed E-state index contributed by atoms with van der Waals surface area (Å²) < 4.78 is 55.6. The molecule has 0 fully saturated rings. The van der Waals surface area contributed by atoms with Crippen LogP contribution >= 0.6 is 11.3 Å². The summed E-state index contributed by atoms with van der Waals surface area (Å²) in [5.74, 6) is -3.30. The Balaban J connectivity index is 2.02. The van der Waals surface area contributed by atoms with Crippen LogP contribution in [0.25, 0.3) is 11.3 Å². The molecule has 0 aliphatic carbocycles. The van der Waals surface area contributed by atoms with Gasteiger partial charge in [0, 0.05) is 24.2 Å². The maximum Gasteiger partial charge on any atom is 0.280 e. The molecule has 0 saturated heterocycles. The first-order chi connectivity index (χ1) is 14.3. The predicted octanol–water partition coefficient (Wildman–Crippen LogP) is 3.45. The zero-order chi connectivity index (χ0) is 21.6. The molecule has 1 atom stereocenters. The minimum Gasteiger partial charge on any atom is -0.369 e. The Hall–Kier alpha value is -3.34. The molecule has 6 nitrogen and oxygen atoms in total. The number of likely N-dealkylation sites (N-methyl/N-ethyl adjacent to an activating group) is 1. The molecule has 2 N–H and O–H groups in total. The van der Waals surface area contributed by atoms with Crippen LogP contribution in [0.1, 0.15) is 23.2 Å². The van der Waals surface area contributed by atoms with E-state index < -0.39 is 35.2 Å². The summed E-state index contributed by atoms with van der Waals surface area (Å²) in [4.78, 5) is 26.0. The first-order valence-electron chi connectivity index (χ1n) is 8.52. The van der Waals surface area contributed by atoms with Crippen molar-refractivity contribution in [1.29, 1.82) is 0 Å². The number of benzene rings is 1. The van der Waals surface area contributed by atoms with E-state index in [1.807, 2.05) is 0 Å². The van der Waals surface area contributed by atoms with E-state index in [0.29, 0.717) is 0 Å². The number of alkyl halides is 2. The molecule has 0 spiro atoms. The third-order valence-corrected chi connectivity index (χ3v) is 5.40. The van der Waals surface area contributed by atoms with Gasteiger partial charge in [-0.3, -0.25) is 14.7 Å². The van der Waals surface area contributed by atoms with E-state index in [9.17, 15) is 22.4 Å². The van der Waals surface area contributed by atoms with Crippen LogP contribution in [-0.4, -0.2) is 33.8 Å². The smallest absolute Gasteiger partial charge is 0.280 e. The summed E-state index contributed by atoms with van der Waals surface area (Å²) in [5, 5.41) is 1.51. The monoisotopic (exact) mass is 435 g/mol. The lowest BCUT2D eigenvalue weighted by Crippen LogP contribution is -2.41. The van der Waals surface area contributed by atoms with Gasteiger partial charge >= 0.3 is 0 Å². The van der Waals surface area contributed by atoms with Gasteiger partial charge in [-0.25, -0.2) is 27.5 Å². The second-order valence-electron chi connectivity index (χ2n) is 6.51. The quantitative estimate of drug-likeness (QED) is 0.637. The Labute approximate surface area is 171 Å². The van der Waals surface area contributed by atoms with Crippen molar-refractivity contribution >= 4 is 23.2 Å². The van der Waals surface area contributed by atoms with Gasteiger partial charge in [-0.15, -0.1) is 11.3 Å². The summed E-state index contributed by atoms with van der Waals surface area (Å²) in [6.07, 6.45) is -1.81. The van der Waals surface area contributed by atoms with Gasteiger partial charge in [0.15, 0.2) is 23.1 Å². The lowest BCUT2D eigenvalue weighted by Gasteiger charge is -2.27. The maximum atomic E-state index is 14.6. The number of guanidine groups is 1. The molecule has 11 heteroatoms. The second kappa shape index (κ2) is 7.17. The highest BCUT2D eigenvalue weighted by Gasteiger charge is 2.50. The van der Waals surface area contributed by atoms with Crippen LogP contribution in [0.4, 0.5) is 17.6 Å². The first kappa shape index (κ1) is 20.0. The summed E-state index contributed by atoms with van der Waals surface area (Å²) in [6.45, 7) is 0. The van der Waals surface area contributed by atoms with Crippen molar-refractivity contribution in [3.63, 3.8) is 0 Å². The number of carbonyl (C=O) groups is 1. The van der Waals surface area contributed by atoms with Crippen LogP contribution in [0, 0.1) is 11.6 Å². The molecule has 3 aromatic rings. The highest BCUT2D eigenvalue weighted by Crippen LogP contribution is 2.42. The van der Waals surface area contributed by atoms with Crippen molar-refractivity contribution in [2.45, 2.75) is 12.0 Å². The zero-order valence-electron chi connectivity index (χ0n) is 15.3. The van der Waals surface area contributed by atoms with E-state index in [1.165, 1.54) is 41.4 Å². The van der Waals surface area contributed by atoms with Crippen molar-refractivity contribution in [3.8, 4) is 11.3 Å². The number of halogens is 4. The number of hydrogen-bond donors (Lipinski definition) is 1. The third-order valence-electron chi connectivity index (χ3n) is 4.82. The van der Waals surface area contributed by atoms with Gasteiger partial charge in [0.05, 0.1) is 11.2 Å². The van der Waals surface area contributed by atoms with Gasteiger partial charge in [-0.05, 0) is 35.4 Å². The van der Waals surface area contributed by atoms with E-state index in [2.05, 4.69) is 15.0 Å². The molecule has 30 heavy (non-hydrogen) atoms. The zero-order valence-corrected chi connectivity index (χ0v) is 16.1. The highest BCUT2D eigenvalue weighted by atomic mass is 32.1. The van der Waals surface area contributed by atoms with Gasteiger partial charge in [0.2, 0.25) is 0 Å². The first-order valence-corrected chi connectivity index (χ1v) is 9.46. The number of rotatable bonds is 4. The number of aliphatic imine (C=N–C) groups is 1.